The summed E-state index contributed by atoms with van der Waals surface area (Å²) in [6.45, 7) is 3.76. The van der Waals surface area contributed by atoms with Gasteiger partial charge in [0.25, 0.3) is 0 Å². The molecule has 1 aliphatic heterocycles. The molecule has 9 nitrogen and oxygen atoms in total. The topological polar surface area (TPSA) is 102 Å². The lowest BCUT2D eigenvalue weighted by Gasteiger charge is -2.36. The average Bonchev–Trinajstić information content (AvgIpc) is 3.57. The maximum Gasteiger partial charge on any atom is 0.410 e. The zero-order valence-corrected chi connectivity index (χ0v) is 20.2. The highest BCUT2D eigenvalue weighted by molar-refractivity contribution is 5.77. The molecule has 0 unspecified atom stereocenters. The van der Waals surface area contributed by atoms with E-state index >= 15 is 0 Å². The van der Waals surface area contributed by atoms with Crippen molar-refractivity contribution in [3.63, 3.8) is 0 Å². The maximum absolute atomic E-state index is 12.8. The smallest absolute Gasteiger partial charge is 0.410 e. The molecule has 1 saturated carbocycles. The molecule has 1 aliphatic carbocycles. The second-order valence-electron chi connectivity index (χ2n) is 10.1. The minimum absolute atomic E-state index is 0.285. The lowest BCUT2D eigenvalue weighted by Crippen LogP contribution is -2.40. The van der Waals surface area contributed by atoms with Gasteiger partial charge < -0.3 is 9.30 Å². The van der Waals surface area contributed by atoms with E-state index in [9.17, 15) is 10.1 Å². The Morgan fingerprint density at radius 2 is 2.17 bits per heavy atom. The number of carbonyl (C=O) groups is 1. The Bertz CT molecular complexity index is 1480. The van der Waals surface area contributed by atoms with E-state index in [0.717, 1.165) is 60.2 Å². The monoisotopic (exact) mass is 481 g/mol. The van der Waals surface area contributed by atoms with Crippen molar-refractivity contribution in [3.05, 3.63) is 71.8 Å². The molecule has 0 radical (unpaired) electrons. The van der Waals surface area contributed by atoms with E-state index in [2.05, 4.69) is 25.9 Å². The van der Waals surface area contributed by atoms with Crippen molar-refractivity contribution in [2.24, 2.45) is 5.92 Å². The third-order valence-corrected chi connectivity index (χ3v) is 7.31. The van der Waals surface area contributed by atoms with Crippen LogP contribution in [0, 0.1) is 24.2 Å². The molecule has 1 amide bonds. The molecular weight excluding hydrogens is 454 g/mol. The lowest BCUT2D eigenvalue weighted by atomic mass is 9.78. The first-order chi connectivity index (χ1) is 17.5. The van der Waals surface area contributed by atoms with Gasteiger partial charge in [-0.2, -0.15) is 5.26 Å². The van der Waals surface area contributed by atoms with Gasteiger partial charge in [-0.15, -0.1) is 5.10 Å². The summed E-state index contributed by atoms with van der Waals surface area (Å²) < 4.78 is 9.88. The van der Waals surface area contributed by atoms with Crippen LogP contribution in [0.1, 0.15) is 42.5 Å². The summed E-state index contributed by atoms with van der Waals surface area (Å²) in [6, 6.07) is 15.8. The number of benzene rings is 2. The third kappa shape index (κ3) is 4.19. The van der Waals surface area contributed by atoms with Gasteiger partial charge in [0.1, 0.15) is 11.3 Å². The van der Waals surface area contributed by atoms with E-state index < -0.39 is 5.60 Å². The van der Waals surface area contributed by atoms with Crippen molar-refractivity contribution in [2.45, 2.75) is 51.3 Å². The summed E-state index contributed by atoms with van der Waals surface area (Å²) in [5.41, 5.74) is 4.84. The zero-order chi connectivity index (χ0) is 24.7. The summed E-state index contributed by atoms with van der Waals surface area (Å²) in [6.07, 6.45) is 7.18. The SMILES string of the molecule is Cc1cccc(-n2cc(CN3C[C@@]4(CCC[C@H](Cn5cnc6ccc(C#N)cc65)C4)OC3=O)nn2)c1. The van der Waals surface area contributed by atoms with Crippen LogP contribution in [0.5, 0.6) is 0 Å². The number of nitrogens with zero attached hydrogens (tertiary/aromatic N) is 7. The number of rotatable bonds is 5. The number of carbonyl (C=O) groups excluding carboxylic acids is 1. The predicted octanol–water partition coefficient (Wildman–Crippen LogP) is 4.38. The number of imidazole rings is 1. The summed E-state index contributed by atoms with van der Waals surface area (Å²) in [5.74, 6) is 0.358. The summed E-state index contributed by atoms with van der Waals surface area (Å²) in [4.78, 5) is 19.1. The molecule has 4 aromatic rings. The van der Waals surface area contributed by atoms with Crippen LogP contribution >= 0.6 is 0 Å². The normalized spacial score (nSPS) is 21.7. The number of aryl methyl sites for hydroxylation is 1. The fourth-order valence-electron chi connectivity index (χ4n) is 5.66. The van der Waals surface area contributed by atoms with E-state index in [-0.39, 0.29) is 6.09 Å². The Hall–Kier alpha value is -4.19. The van der Waals surface area contributed by atoms with E-state index in [1.54, 1.807) is 15.6 Å². The highest BCUT2D eigenvalue weighted by Crippen LogP contribution is 2.41. The van der Waals surface area contributed by atoms with Gasteiger partial charge in [-0.05, 0) is 74.4 Å². The number of fused-ring (bicyclic) bond motifs is 1. The van der Waals surface area contributed by atoms with Crippen molar-refractivity contribution in [1.29, 1.82) is 5.26 Å². The number of hydrogen-bond acceptors (Lipinski definition) is 6. The van der Waals surface area contributed by atoms with Gasteiger partial charge in [-0.3, -0.25) is 4.90 Å². The Balaban J connectivity index is 1.14. The van der Waals surface area contributed by atoms with Crippen molar-refractivity contribution >= 4 is 17.1 Å². The van der Waals surface area contributed by atoms with Crippen molar-refractivity contribution in [3.8, 4) is 11.8 Å². The summed E-state index contributed by atoms with van der Waals surface area (Å²) in [5, 5.41) is 17.8. The molecule has 36 heavy (non-hydrogen) atoms. The quantitative estimate of drug-likeness (QED) is 0.419. The molecule has 2 fully saturated rings. The van der Waals surface area contributed by atoms with E-state index in [1.165, 1.54) is 0 Å². The van der Waals surface area contributed by atoms with E-state index in [1.807, 2.05) is 55.8 Å². The first-order valence-electron chi connectivity index (χ1n) is 12.3. The van der Waals surface area contributed by atoms with Crippen LogP contribution in [0.3, 0.4) is 0 Å². The number of ether oxygens (including phenoxy) is 1. The number of aromatic nitrogens is 5. The molecule has 2 atom stereocenters. The molecular formula is C27H27N7O2. The van der Waals surface area contributed by atoms with Crippen LogP contribution in [0.15, 0.2) is 55.0 Å². The first-order valence-corrected chi connectivity index (χ1v) is 12.3. The number of hydrogen-bond donors (Lipinski definition) is 0. The van der Waals surface area contributed by atoms with Crippen LogP contribution in [-0.2, 0) is 17.8 Å². The van der Waals surface area contributed by atoms with Crippen LogP contribution in [0.25, 0.3) is 16.7 Å². The second kappa shape index (κ2) is 8.79. The van der Waals surface area contributed by atoms with Gasteiger partial charge in [-0.25, -0.2) is 14.5 Å². The van der Waals surface area contributed by atoms with Gasteiger partial charge in [0.2, 0.25) is 0 Å². The van der Waals surface area contributed by atoms with E-state index in [0.29, 0.717) is 24.6 Å². The molecule has 3 heterocycles. The van der Waals surface area contributed by atoms with E-state index in [4.69, 9.17) is 4.74 Å². The summed E-state index contributed by atoms with van der Waals surface area (Å²) in [7, 11) is 0. The zero-order valence-electron chi connectivity index (χ0n) is 20.2. The van der Waals surface area contributed by atoms with Crippen molar-refractivity contribution in [2.75, 3.05) is 6.54 Å². The number of nitriles is 1. The Labute approximate surface area is 208 Å². The largest absolute Gasteiger partial charge is 0.441 e. The van der Waals surface area contributed by atoms with Crippen LogP contribution in [-0.4, -0.2) is 47.7 Å². The number of amides is 1. The third-order valence-electron chi connectivity index (χ3n) is 7.31. The Morgan fingerprint density at radius 3 is 3.03 bits per heavy atom. The Morgan fingerprint density at radius 1 is 1.25 bits per heavy atom. The fraction of sp³-hybridized carbons (Fsp3) is 0.370. The lowest BCUT2D eigenvalue weighted by molar-refractivity contribution is 0.00415. The van der Waals surface area contributed by atoms with Crippen molar-refractivity contribution in [1.82, 2.24) is 29.4 Å². The van der Waals surface area contributed by atoms with Gasteiger partial charge >= 0.3 is 6.09 Å². The fourth-order valence-corrected chi connectivity index (χ4v) is 5.66. The molecule has 0 bridgehead atoms. The van der Waals surface area contributed by atoms with Crippen LogP contribution in [0.4, 0.5) is 4.79 Å². The summed E-state index contributed by atoms with van der Waals surface area (Å²) >= 11 is 0. The minimum atomic E-state index is -0.471. The van der Waals surface area contributed by atoms with Gasteiger partial charge in [0, 0.05) is 6.54 Å². The standard InChI is InChI=1S/C27H27N7O2/c1-19-4-2-6-23(10-19)34-16-22(30-31-34)15-32-17-27(36-26(32)35)9-3-5-21(12-27)14-33-18-29-24-8-7-20(13-28)11-25(24)33/h2,4,6-8,10-11,16,18,21H,3,5,9,12,14-15,17H2,1H3/t21-,27-/m0/s1. The first kappa shape index (κ1) is 22.3. The Kier molecular flexibility index (Phi) is 5.44. The molecule has 2 aromatic heterocycles. The second-order valence-corrected chi connectivity index (χ2v) is 10.1. The van der Waals surface area contributed by atoms with Gasteiger partial charge in [-0.1, -0.05) is 17.3 Å². The van der Waals surface area contributed by atoms with Crippen LogP contribution < -0.4 is 0 Å². The van der Waals surface area contributed by atoms with Crippen LogP contribution in [0.2, 0.25) is 0 Å². The molecule has 1 saturated heterocycles. The predicted molar refractivity (Wildman–Crippen MR) is 132 cm³/mol. The molecule has 2 aromatic carbocycles. The molecule has 6 rings (SSSR count). The maximum atomic E-state index is 12.8. The highest BCUT2D eigenvalue weighted by Gasteiger charge is 2.48. The molecule has 2 aliphatic rings. The average molecular weight is 482 g/mol. The van der Waals surface area contributed by atoms with Gasteiger partial charge in [0.15, 0.2) is 0 Å². The molecule has 0 N–H and O–H groups in total. The molecule has 9 heteroatoms. The molecule has 182 valence electrons. The van der Waals surface area contributed by atoms with Crippen molar-refractivity contribution < 1.29 is 9.53 Å². The highest BCUT2D eigenvalue weighted by atomic mass is 16.6. The minimum Gasteiger partial charge on any atom is -0.441 e. The van der Waals surface area contributed by atoms with Gasteiger partial charge in [0.05, 0.1) is 54.0 Å². The molecule has 1 spiro atoms.